The third-order valence-electron chi connectivity index (χ3n) is 2.31. The molecule has 3 nitrogen and oxygen atoms in total. The summed E-state index contributed by atoms with van der Waals surface area (Å²) in [5, 5.41) is 0. The summed E-state index contributed by atoms with van der Waals surface area (Å²) in [5.41, 5.74) is 0.943. The van der Waals surface area contributed by atoms with E-state index in [1.165, 1.54) is 0 Å². The van der Waals surface area contributed by atoms with E-state index in [1.54, 1.807) is 12.5 Å². The summed E-state index contributed by atoms with van der Waals surface area (Å²) in [7, 11) is 0. The molecule has 0 aromatic carbocycles. The van der Waals surface area contributed by atoms with E-state index in [-0.39, 0.29) is 6.10 Å². The highest BCUT2D eigenvalue weighted by Crippen LogP contribution is 2.33. The lowest BCUT2D eigenvalue weighted by Gasteiger charge is -2.14. The van der Waals surface area contributed by atoms with Gasteiger partial charge in [0.2, 0.25) is 0 Å². The lowest BCUT2D eigenvalue weighted by Crippen LogP contribution is -2.10. The molecule has 0 radical (unpaired) electrons. The summed E-state index contributed by atoms with van der Waals surface area (Å²) in [4.78, 5) is 8.03. The molecule has 4 heteroatoms. The smallest absolute Gasteiger partial charge is 0.115 e. The van der Waals surface area contributed by atoms with Crippen LogP contribution in [0.3, 0.4) is 0 Å². The van der Waals surface area contributed by atoms with E-state index in [2.05, 4.69) is 9.97 Å². The molecule has 1 saturated heterocycles. The number of hydrogen-bond donors (Lipinski definition) is 0. The third kappa shape index (κ3) is 1.81. The fourth-order valence-corrected chi connectivity index (χ4v) is 1.90. The maximum Gasteiger partial charge on any atom is 0.115 e. The fourth-order valence-electron chi connectivity index (χ4n) is 1.59. The van der Waals surface area contributed by atoms with Gasteiger partial charge in [-0.05, 0) is 12.5 Å². The number of aromatic nitrogens is 2. The maximum absolute atomic E-state index is 5.83. The average molecular weight is 199 g/mol. The molecule has 1 aromatic heterocycles. The van der Waals surface area contributed by atoms with Crippen molar-refractivity contribution in [2.75, 3.05) is 12.5 Å². The number of nitrogens with zero attached hydrogens (tertiary/aromatic N) is 2. The molecule has 1 aliphatic heterocycles. The van der Waals surface area contributed by atoms with E-state index in [9.17, 15) is 0 Å². The Kier molecular flexibility index (Phi) is 2.76. The van der Waals surface area contributed by atoms with Crippen LogP contribution in [0.5, 0.6) is 0 Å². The Bertz CT molecular complexity index is 268. The van der Waals surface area contributed by atoms with Gasteiger partial charge >= 0.3 is 0 Å². The highest BCUT2D eigenvalue weighted by atomic mass is 35.5. The first-order valence-electron chi connectivity index (χ1n) is 4.35. The second kappa shape index (κ2) is 4.03. The van der Waals surface area contributed by atoms with Crippen LogP contribution in [-0.2, 0) is 4.74 Å². The number of halogens is 1. The minimum Gasteiger partial charge on any atom is -0.372 e. The molecule has 13 heavy (non-hydrogen) atoms. The Morgan fingerprint density at radius 3 is 3.23 bits per heavy atom. The Morgan fingerprint density at radius 1 is 1.62 bits per heavy atom. The van der Waals surface area contributed by atoms with Gasteiger partial charge in [0.1, 0.15) is 12.4 Å². The van der Waals surface area contributed by atoms with Crippen LogP contribution in [0.25, 0.3) is 0 Å². The minimum absolute atomic E-state index is 0.0699. The van der Waals surface area contributed by atoms with Crippen molar-refractivity contribution in [3.05, 3.63) is 24.3 Å². The lowest BCUT2D eigenvalue weighted by atomic mass is 10.0. The molecule has 70 valence electrons. The van der Waals surface area contributed by atoms with Crippen LogP contribution in [0, 0.1) is 5.92 Å². The zero-order chi connectivity index (χ0) is 9.10. The highest BCUT2D eigenvalue weighted by Gasteiger charge is 2.29. The van der Waals surface area contributed by atoms with E-state index in [4.69, 9.17) is 16.3 Å². The van der Waals surface area contributed by atoms with Crippen LogP contribution in [-0.4, -0.2) is 22.5 Å². The van der Waals surface area contributed by atoms with Gasteiger partial charge in [-0.25, -0.2) is 9.97 Å². The molecule has 1 aromatic rings. The minimum atomic E-state index is 0.0699. The lowest BCUT2D eigenvalue weighted by molar-refractivity contribution is 0.0916. The summed E-state index contributed by atoms with van der Waals surface area (Å²) in [6.45, 7) is 0.784. The van der Waals surface area contributed by atoms with Crippen molar-refractivity contribution in [3.63, 3.8) is 0 Å². The Morgan fingerprint density at radius 2 is 2.54 bits per heavy atom. The van der Waals surface area contributed by atoms with E-state index >= 15 is 0 Å². The second-order valence-corrected chi connectivity index (χ2v) is 3.44. The molecule has 2 atom stereocenters. The van der Waals surface area contributed by atoms with Crippen molar-refractivity contribution < 1.29 is 4.74 Å². The normalized spacial score (nSPS) is 27.8. The molecule has 0 amide bonds. The molecule has 1 aliphatic rings. The average Bonchev–Trinajstić information content (AvgIpc) is 2.67. The first-order chi connectivity index (χ1) is 6.42. The van der Waals surface area contributed by atoms with Crippen LogP contribution < -0.4 is 0 Å². The topological polar surface area (TPSA) is 35.0 Å². The van der Waals surface area contributed by atoms with Crippen molar-refractivity contribution in [1.82, 2.24) is 9.97 Å². The molecule has 0 bridgehead atoms. The van der Waals surface area contributed by atoms with Gasteiger partial charge in [-0.1, -0.05) is 0 Å². The SMILES string of the molecule is ClCC1CCOC1c1ccncn1. The van der Waals surface area contributed by atoms with Gasteiger partial charge in [0.05, 0.1) is 5.69 Å². The molecule has 2 unspecified atom stereocenters. The first kappa shape index (κ1) is 8.91. The molecular formula is C9H11ClN2O. The van der Waals surface area contributed by atoms with E-state index < -0.39 is 0 Å². The number of rotatable bonds is 2. The molecule has 0 saturated carbocycles. The van der Waals surface area contributed by atoms with Gasteiger partial charge in [0, 0.05) is 24.6 Å². The summed E-state index contributed by atoms with van der Waals surface area (Å²) in [6.07, 6.45) is 4.37. The summed E-state index contributed by atoms with van der Waals surface area (Å²) in [6, 6.07) is 1.88. The zero-order valence-electron chi connectivity index (χ0n) is 7.19. The number of hydrogen-bond acceptors (Lipinski definition) is 3. The molecular weight excluding hydrogens is 188 g/mol. The van der Waals surface area contributed by atoms with E-state index in [0.717, 1.165) is 18.7 Å². The Balaban J connectivity index is 2.16. The van der Waals surface area contributed by atoms with E-state index in [1.807, 2.05) is 6.07 Å². The highest BCUT2D eigenvalue weighted by molar-refractivity contribution is 6.18. The van der Waals surface area contributed by atoms with Crippen molar-refractivity contribution in [2.24, 2.45) is 5.92 Å². The molecule has 0 N–H and O–H groups in total. The number of ether oxygens (including phenoxy) is 1. The van der Waals surface area contributed by atoms with Gasteiger partial charge in [-0.15, -0.1) is 11.6 Å². The predicted molar refractivity (Wildman–Crippen MR) is 49.6 cm³/mol. The van der Waals surface area contributed by atoms with E-state index in [0.29, 0.717) is 11.8 Å². The quantitative estimate of drug-likeness (QED) is 0.680. The van der Waals surface area contributed by atoms with Gasteiger partial charge in [-0.3, -0.25) is 0 Å². The first-order valence-corrected chi connectivity index (χ1v) is 4.88. The molecule has 0 spiro atoms. The third-order valence-corrected chi connectivity index (χ3v) is 2.71. The summed E-state index contributed by atoms with van der Waals surface area (Å²) >= 11 is 5.83. The van der Waals surface area contributed by atoms with Crippen LogP contribution in [0.15, 0.2) is 18.6 Å². The van der Waals surface area contributed by atoms with Crippen molar-refractivity contribution in [3.8, 4) is 0 Å². The zero-order valence-corrected chi connectivity index (χ0v) is 7.94. The van der Waals surface area contributed by atoms with Crippen LogP contribution in [0.1, 0.15) is 18.2 Å². The second-order valence-electron chi connectivity index (χ2n) is 3.13. The number of alkyl halides is 1. The monoisotopic (exact) mass is 198 g/mol. The molecule has 2 heterocycles. The van der Waals surface area contributed by atoms with Crippen molar-refractivity contribution >= 4 is 11.6 Å². The Labute approximate surface area is 82.1 Å². The van der Waals surface area contributed by atoms with Crippen LogP contribution >= 0.6 is 11.6 Å². The van der Waals surface area contributed by atoms with Gasteiger partial charge in [0.15, 0.2) is 0 Å². The standard InChI is InChI=1S/C9H11ClN2O/c10-5-7-2-4-13-9(7)8-1-3-11-6-12-8/h1,3,6-7,9H,2,4-5H2. The largest absolute Gasteiger partial charge is 0.372 e. The van der Waals surface area contributed by atoms with Gasteiger partial charge in [-0.2, -0.15) is 0 Å². The summed E-state index contributed by atoms with van der Waals surface area (Å²) < 4.78 is 5.57. The Hall–Kier alpha value is -0.670. The predicted octanol–water partition coefficient (Wildman–Crippen LogP) is 1.79. The fraction of sp³-hybridized carbons (Fsp3) is 0.556. The summed E-state index contributed by atoms with van der Waals surface area (Å²) in [5.74, 6) is 1.03. The van der Waals surface area contributed by atoms with Gasteiger partial charge in [0.25, 0.3) is 0 Å². The van der Waals surface area contributed by atoms with Crippen molar-refractivity contribution in [2.45, 2.75) is 12.5 Å². The van der Waals surface area contributed by atoms with Crippen LogP contribution in [0.4, 0.5) is 0 Å². The van der Waals surface area contributed by atoms with Crippen LogP contribution in [0.2, 0.25) is 0 Å². The molecule has 2 rings (SSSR count). The van der Waals surface area contributed by atoms with Gasteiger partial charge < -0.3 is 4.74 Å². The molecule has 1 fully saturated rings. The molecule has 0 aliphatic carbocycles. The van der Waals surface area contributed by atoms with Crippen molar-refractivity contribution in [1.29, 1.82) is 0 Å². The maximum atomic E-state index is 5.83.